The topological polar surface area (TPSA) is 32.3 Å². The average molecular weight is 300 g/mol. The highest BCUT2D eigenvalue weighted by atomic mass is 32.1. The van der Waals surface area contributed by atoms with Crippen LogP contribution in [0.1, 0.15) is 23.0 Å². The van der Waals surface area contributed by atoms with Crippen LogP contribution in [-0.4, -0.2) is 36.5 Å². The van der Waals surface area contributed by atoms with E-state index in [0.29, 0.717) is 17.9 Å². The molecule has 110 valence electrons. The third-order valence-electron chi connectivity index (χ3n) is 5.03. The molecule has 2 fully saturated rings. The van der Waals surface area contributed by atoms with Crippen molar-refractivity contribution in [2.45, 2.75) is 19.4 Å². The zero-order valence-electron chi connectivity index (χ0n) is 12.2. The summed E-state index contributed by atoms with van der Waals surface area (Å²) in [5.74, 6) is 1.53. The minimum absolute atomic E-state index is 0.234. The minimum Gasteiger partial charge on any atom is -0.334 e. The van der Waals surface area contributed by atoms with E-state index in [-0.39, 0.29) is 5.91 Å². The van der Waals surface area contributed by atoms with E-state index in [1.165, 1.54) is 10.1 Å². The van der Waals surface area contributed by atoms with E-state index in [1.807, 2.05) is 12.1 Å². The van der Waals surface area contributed by atoms with Crippen LogP contribution < -0.4 is 5.32 Å². The Bertz CT molecular complexity index is 647. The van der Waals surface area contributed by atoms with Gasteiger partial charge in [-0.2, -0.15) is 0 Å². The summed E-state index contributed by atoms with van der Waals surface area (Å²) in [5.41, 5.74) is 0. The maximum atomic E-state index is 12.9. The molecule has 0 bridgehead atoms. The Morgan fingerprint density at radius 1 is 1.38 bits per heavy atom. The summed E-state index contributed by atoms with van der Waals surface area (Å²) in [6.45, 7) is 5.26. The molecule has 3 unspecified atom stereocenters. The van der Waals surface area contributed by atoms with Gasteiger partial charge in [-0.3, -0.25) is 4.79 Å². The van der Waals surface area contributed by atoms with Crippen LogP contribution in [0, 0.1) is 11.8 Å². The van der Waals surface area contributed by atoms with Crippen molar-refractivity contribution in [3.8, 4) is 0 Å². The molecule has 3 atom stereocenters. The summed E-state index contributed by atoms with van der Waals surface area (Å²) < 4.78 is 1.20. The van der Waals surface area contributed by atoms with Gasteiger partial charge in [-0.15, -0.1) is 11.3 Å². The first-order valence-corrected chi connectivity index (χ1v) is 8.60. The Morgan fingerprint density at radius 3 is 3.05 bits per heavy atom. The van der Waals surface area contributed by atoms with E-state index in [2.05, 4.69) is 35.3 Å². The van der Waals surface area contributed by atoms with Crippen molar-refractivity contribution in [2.75, 3.05) is 19.6 Å². The van der Waals surface area contributed by atoms with Crippen molar-refractivity contribution in [3.05, 3.63) is 35.2 Å². The fourth-order valence-corrected chi connectivity index (χ4v) is 5.03. The molecule has 0 radical (unpaired) electrons. The van der Waals surface area contributed by atoms with Crippen molar-refractivity contribution in [1.82, 2.24) is 10.2 Å². The van der Waals surface area contributed by atoms with Crippen LogP contribution in [0.4, 0.5) is 0 Å². The quantitative estimate of drug-likeness (QED) is 0.925. The number of benzene rings is 1. The van der Waals surface area contributed by atoms with Crippen molar-refractivity contribution in [1.29, 1.82) is 0 Å². The fraction of sp³-hybridized carbons (Fsp3) is 0.471. The first-order valence-electron chi connectivity index (χ1n) is 7.78. The third kappa shape index (κ3) is 2.09. The van der Waals surface area contributed by atoms with E-state index >= 15 is 0 Å². The Balaban J connectivity index is 1.64. The van der Waals surface area contributed by atoms with Gasteiger partial charge in [0.15, 0.2) is 0 Å². The number of likely N-dealkylation sites (tertiary alicyclic amines) is 1. The predicted molar refractivity (Wildman–Crippen MR) is 86.8 cm³/mol. The molecule has 3 heterocycles. The van der Waals surface area contributed by atoms with Crippen LogP contribution in [0.5, 0.6) is 0 Å². The number of fused-ring (bicyclic) bond motifs is 2. The van der Waals surface area contributed by atoms with Gasteiger partial charge in [-0.25, -0.2) is 0 Å². The number of carbonyl (C=O) groups excluding carboxylic acids is 1. The summed E-state index contributed by atoms with van der Waals surface area (Å²) in [6, 6.07) is 10.7. The van der Waals surface area contributed by atoms with Crippen molar-refractivity contribution in [2.24, 2.45) is 11.8 Å². The summed E-state index contributed by atoms with van der Waals surface area (Å²) in [4.78, 5) is 16.0. The third-order valence-corrected chi connectivity index (χ3v) is 6.14. The maximum Gasteiger partial charge on any atom is 0.264 e. The van der Waals surface area contributed by atoms with E-state index in [9.17, 15) is 4.79 Å². The lowest BCUT2D eigenvalue weighted by Gasteiger charge is -2.26. The molecule has 0 saturated carbocycles. The smallest absolute Gasteiger partial charge is 0.264 e. The summed E-state index contributed by atoms with van der Waals surface area (Å²) in [5, 5.41) is 4.65. The van der Waals surface area contributed by atoms with E-state index in [1.54, 1.807) is 11.3 Å². The van der Waals surface area contributed by atoms with Crippen molar-refractivity contribution < 1.29 is 4.79 Å². The van der Waals surface area contributed by atoms with Crippen LogP contribution in [0.3, 0.4) is 0 Å². The lowest BCUT2D eigenvalue weighted by Crippen LogP contribution is -2.39. The van der Waals surface area contributed by atoms with Gasteiger partial charge in [0.2, 0.25) is 0 Å². The number of hydrogen-bond donors (Lipinski definition) is 1. The molecule has 1 N–H and O–H groups in total. The van der Waals surface area contributed by atoms with Crippen molar-refractivity contribution in [3.63, 3.8) is 0 Å². The lowest BCUT2D eigenvalue weighted by atomic mass is 9.93. The van der Waals surface area contributed by atoms with Gasteiger partial charge < -0.3 is 10.2 Å². The highest BCUT2D eigenvalue weighted by molar-refractivity contribution is 7.20. The van der Waals surface area contributed by atoms with Crippen LogP contribution in [0.15, 0.2) is 30.3 Å². The molecule has 21 heavy (non-hydrogen) atoms. The highest BCUT2D eigenvalue weighted by Crippen LogP contribution is 2.36. The molecule has 1 aromatic heterocycles. The Labute approximate surface area is 128 Å². The fourth-order valence-electron chi connectivity index (χ4n) is 4.01. The maximum absolute atomic E-state index is 12.9. The summed E-state index contributed by atoms with van der Waals surface area (Å²) in [6.07, 6.45) is 1.06. The second-order valence-electron chi connectivity index (χ2n) is 6.16. The molecule has 0 spiro atoms. The van der Waals surface area contributed by atoms with E-state index in [0.717, 1.165) is 30.9 Å². The van der Waals surface area contributed by atoms with Gasteiger partial charge in [0.25, 0.3) is 5.91 Å². The molecule has 0 aliphatic carbocycles. The van der Waals surface area contributed by atoms with Gasteiger partial charge in [-0.1, -0.05) is 25.1 Å². The minimum atomic E-state index is 0.234. The normalized spacial score (nSPS) is 28.2. The predicted octanol–water partition coefficient (Wildman–Crippen LogP) is 2.97. The highest BCUT2D eigenvalue weighted by Gasteiger charge is 2.45. The monoisotopic (exact) mass is 300 g/mol. The summed E-state index contributed by atoms with van der Waals surface area (Å²) in [7, 11) is 0. The molecule has 4 heteroatoms. The number of amides is 1. The number of carbonyl (C=O) groups is 1. The largest absolute Gasteiger partial charge is 0.334 e. The van der Waals surface area contributed by atoms with Gasteiger partial charge in [0, 0.05) is 30.4 Å². The molecule has 3 nitrogen and oxygen atoms in total. The molecule has 2 saturated heterocycles. The Hall–Kier alpha value is -1.39. The Kier molecular flexibility index (Phi) is 3.23. The number of nitrogens with zero attached hydrogens (tertiary/aromatic N) is 1. The zero-order valence-corrected chi connectivity index (χ0v) is 13.0. The Morgan fingerprint density at radius 2 is 2.24 bits per heavy atom. The van der Waals surface area contributed by atoms with Crippen LogP contribution in [-0.2, 0) is 0 Å². The molecule has 2 aromatic rings. The second-order valence-corrected chi connectivity index (χ2v) is 7.25. The van der Waals surface area contributed by atoms with Crippen molar-refractivity contribution >= 4 is 27.3 Å². The van der Waals surface area contributed by atoms with E-state index < -0.39 is 0 Å². The molecular weight excluding hydrogens is 280 g/mol. The van der Waals surface area contributed by atoms with Crippen LogP contribution >= 0.6 is 11.3 Å². The molecular formula is C17H20N2OS. The number of rotatable bonds is 2. The lowest BCUT2D eigenvalue weighted by molar-refractivity contribution is 0.0716. The molecule has 4 rings (SSSR count). The molecule has 2 aliphatic heterocycles. The second kappa shape index (κ2) is 5.11. The van der Waals surface area contributed by atoms with E-state index in [4.69, 9.17) is 0 Å². The van der Waals surface area contributed by atoms with Gasteiger partial charge in [0.1, 0.15) is 0 Å². The molecule has 1 amide bonds. The molecule has 2 aliphatic rings. The zero-order chi connectivity index (χ0) is 14.4. The number of nitrogens with one attached hydrogen (secondary N) is 1. The van der Waals surface area contributed by atoms with Gasteiger partial charge in [-0.05, 0) is 35.8 Å². The number of thiophene rings is 1. The van der Waals surface area contributed by atoms with Crippen LogP contribution in [0.2, 0.25) is 0 Å². The first-order chi connectivity index (χ1) is 10.3. The average Bonchev–Trinajstić information content (AvgIpc) is 3.19. The van der Waals surface area contributed by atoms with Gasteiger partial charge >= 0.3 is 0 Å². The number of hydrogen-bond acceptors (Lipinski definition) is 3. The molecule has 1 aromatic carbocycles. The van der Waals surface area contributed by atoms with Crippen LogP contribution in [0.25, 0.3) is 10.1 Å². The summed E-state index contributed by atoms with van der Waals surface area (Å²) >= 11 is 1.63. The standard InChI is InChI=1S/C17H20N2OS/c1-2-14-13-9-18-8-12(13)10-19(14)17(20)16-7-11-5-3-4-6-15(11)21-16/h3-7,12-14,18H,2,8-10H2,1H3. The SMILES string of the molecule is CCC1C2CNCC2CN1C(=O)c1cc2ccccc2s1. The first kappa shape index (κ1) is 13.3. The van der Waals surface area contributed by atoms with Gasteiger partial charge in [0.05, 0.1) is 4.88 Å².